The van der Waals surface area contributed by atoms with Gasteiger partial charge in [-0.3, -0.25) is 14.6 Å². The molecule has 1 aromatic carbocycles. The predicted molar refractivity (Wildman–Crippen MR) is 117 cm³/mol. The molecule has 1 aromatic heterocycles. The third-order valence-corrected chi connectivity index (χ3v) is 6.24. The van der Waals surface area contributed by atoms with Gasteiger partial charge in [0.15, 0.2) is 0 Å². The Kier molecular flexibility index (Phi) is 7.21. The van der Waals surface area contributed by atoms with Crippen molar-refractivity contribution in [3.63, 3.8) is 0 Å². The normalized spacial score (nSPS) is 16.3. The van der Waals surface area contributed by atoms with E-state index in [1.54, 1.807) is 16.2 Å². The van der Waals surface area contributed by atoms with Gasteiger partial charge in [0.05, 0.1) is 12.2 Å². The Morgan fingerprint density at radius 2 is 1.79 bits per heavy atom. The molecule has 28 heavy (non-hydrogen) atoms. The van der Waals surface area contributed by atoms with Gasteiger partial charge in [-0.2, -0.15) is 0 Å². The number of carbonyl (C=O) groups is 1. The van der Waals surface area contributed by atoms with Crippen LogP contribution in [0.1, 0.15) is 37.4 Å². The molecule has 0 bridgehead atoms. The van der Waals surface area contributed by atoms with Crippen molar-refractivity contribution in [2.24, 2.45) is 0 Å². The molecule has 1 saturated heterocycles. The highest BCUT2D eigenvalue weighted by atomic mass is 32.1. The molecule has 152 valence electrons. The van der Waals surface area contributed by atoms with E-state index in [4.69, 9.17) is 4.98 Å². The molecular formula is C22H32N4OS. The number of likely N-dealkylation sites (N-methyl/N-ethyl adjacent to an activating group) is 1. The van der Waals surface area contributed by atoms with Gasteiger partial charge in [-0.05, 0) is 31.0 Å². The first-order valence-corrected chi connectivity index (χ1v) is 11.0. The van der Waals surface area contributed by atoms with Crippen molar-refractivity contribution in [2.45, 2.75) is 32.7 Å². The molecule has 0 unspecified atom stereocenters. The first-order chi connectivity index (χ1) is 13.4. The molecule has 0 radical (unpaired) electrons. The maximum atomic E-state index is 12.0. The topological polar surface area (TPSA) is 39.7 Å². The number of nitrogens with zero attached hydrogens (tertiary/aromatic N) is 4. The van der Waals surface area contributed by atoms with Crippen LogP contribution in [0.3, 0.4) is 0 Å². The van der Waals surface area contributed by atoms with E-state index in [9.17, 15) is 4.79 Å². The van der Waals surface area contributed by atoms with E-state index in [0.717, 1.165) is 49.8 Å². The molecule has 0 saturated carbocycles. The highest BCUT2D eigenvalue weighted by Gasteiger charge is 2.18. The molecule has 0 aliphatic carbocycles. The monoisotopic (exact) mass is 400 g/mol. The smallest absolute Gasteiger partial charge is 0.236 e. The number of thiazole rings is 1. The summed E-state index contributed by atoms with van der Waals surface area (Å²) in [5.74, 6) is 0.734. The Morgan fingerprint density at radius 3 is 2.46 bits per heavy atom. The lowest BCUT2D eigenvalue weighted by Crippen LogP contribution is -2.38. The predicted octanol–water partition coefficient (Wildman–Crippen LogP) is 3.53. The summed E-state index contributed by atoms with van der Waals surface area (Å²) in [5.41, 5.74) is 3.71. The molecule has 0 atom stereocenters. The molecule has 0 spiro atoms. The second-order valence-electron chi connectivity index (χ2n) is 8.11. The molecular weight excluding hydrogens is 368 g/mol. The lowest BCUT2D eigenvalue weighted by molar-refractivity contribution is -0.129. The summed E-state index contributed by atoms with van der Waals surface area (Å²) in [5, 5.41) is 3.28. The fourth-order valence-electron chi connectivity index (χ4n) is 3.43. The van der Waals surface area contributed by atoms with Crippen LogP contribution in [0.25, 0.3) is 10.6 Å². The third-order valence-electron chi connectivity index (χ3n) is 5.30. The molecule has 1 fully saturated rings. The van der Waals surface area contributed by atoms with Crippen molar-refractivity contribution >= 4 is 17.2 Å². The zero-order chi connectivity index (χ0) is 20.1. The number of aromatic nitrogens is 1. The summed E-state index contributed by atoms with van der Waals surface area (Å²) < 4.78 is 0. The van der Waals surface area contributed by atoms with E-state index in [-0.39, 0.29) is 5.91 Å². The van der Waals surface area contributed by atoms with E-state index in [1.165, 1.54) is 11.1 Å². The van der Waals surface area contributed by atoms with Crippen molar-refractivity contribution in [3.8, 4) is 10.6 Å². The molecule has 1 amide bonds. The summed E-state index contributed by atoms with van der Waals surface area (Å²) in [4.78, 5) is 23.2. The van der Waals surface area contributed by atoms with Crippen LogP contribution in [-0.2, 0) is 11.3 Å². The molecule has 1 aliphatic rings. The summed E-state index contributed by atoms with van der Waals surface area (Å²) in [6.45, 7) is 9.81. The van der Waals surface area contributed by atoms with E-state index < -0.39 is 0 Å². The van der Waals surface area contributed by atoms with Gasteiger partial charge in [-0.15, -0.1) is 11.3 Å². The first kappa shape index (κ1) is 21.0. The fourth-order valence-corrected chi connectivity index (χ4v) is 4.24. The maximum absolute atomic E-state index is 12.0. The van der Waals surface area contributed by atoms with Gasteiger partial charge >= 0.3 is 0 Å². The summed E-state index contributed by atoms with van der Waals surface area (Å²) in [6.07, 6.45) is 1.09. The van der Waals surface area contributed by atoms with Crippen molar-refractivity contribution < 1.29 is 4.79 Å². The fraction of sp³-hybridized carbons (Fsp3) is 0.545. The van der Waals surface area contributed by atoms with Crippen molar-refractivity contribution in [1.82, 2.24) is 19.7 Å². The Bertz CT molecular complexity index is 769. The summed E-state index contributed by atoms with van der Waals surface area (Å²) in [6, 6.07) is 8.78. The quantitative estimate of drug-likeness (QED) is 0.744. The Hall–Kier alpha value is -1.76. The van der Waals surface area contributed by atoms with Crippen molar-refractivity contribution in [3.05, 3.63) is 40.9 Å². The number of benzene rings is 1. The summed E-state index contributed by atoms with van der Waals surface area (Å²) in [7, 11) is 3.64. The zero-order valence-corrected chi connectivity index (χ0v) is 18.3. The van der Waals surface area contributed by atoms with Gasteiger partial charge in [0.1, 0.15) is 5.01 Å². The maximum Gasteiger partial charge on any atom is 0.236 e. The van der Waals surface area contributed by atoms with Gasteiger partial charge in [0.25, 0.3) is 0 Å². The van der Waals surface area contributed by atoms with Gasteiger partial charge in [-0.25, -0.2) is 4.98 Å². The lowest BCUT2D eigenvalue weighted by atomic mass is 10.0. The van der Waals surface area contributed by atoms with Gasteiger partial charge in [0.2, 0.25) is 5.91 Å². The third kappa shape index (κ3) is 5.63. The van der Waals surface area contributed by atoms with Crippen LogP contribution in [0, 0.1) is 0 Å². The van der Waals surface area contributed by atoms with E-state index in [0.29, 0.717) is 12.5 Å². The second-order valence-corrected chi connectivity index (χ2v) is 8.97. The van der Waals surface area contributed by atoms with Crippen LogP contribution in [-0.4, -0.2) is 72.4 Å². The van der Waals surface area contributed by atoms with Crippen molar-refractivity contribution in [1.29, 1.82) is 0 Å². The minimum Gasteiger partial charge on any atom is -0.348 e. The lowest BCUT2D eigenvalue weighted by Gasteiger charge is -2.22. The summed E-state index contributed by atoms with van der Waals surface area (Å²) >= 11 is 1.72. The van der Waals surface area contributed by atoms with E-state index in [1.807, 2.05) is 14.1 Å². The largest absolute Gasteiger partial charge is 0.348 e. The second kappa shape index (κ2) is 9.63. The molecule has 2 aromatic rings. The Labute approximate surface area is 173 Å². The molecule has 3 rings (SSSR count). The molecule has 0 N–H and O–H groups in total. The molecule has 6 heteroatoms. The Balaban J connectivity index is 1.55. The number of amides is 1. The van der Waals surface area contributed by atoms with Crippen LogP contribution in [0.2, 0.25) is 0 Å². The van der Waals surface area contributed by atoms with E-state index >= 15 is 0 Å². The highest BCUT2D eigenvalue weighted by Crippen LogP contribution is 2.26. The molecule has 1 aliphatic heterocycles. The highest BCUT2D eigenvalue weighted by molar-refractivity contribution is 7.13. The van der Waals surface area contributed by atoms with Crippen LogP contribution < -0.4 is 0 Å². The van der Waals surface area contributed by atoms with Gasteiger partial charge in [0, 0.05) is 44.7 Å². The van der Waals surface area contributed by atoms with Gasteiger partial charge < -0.3 is 4.90 Å². The number of hydrogen-bond acceptors (Lipinski definition) is 5. The standard InChI is InChI=1S/C22H32N4OS/c1-17(2)18-6-8-19(9-7-18)22-23-20(16-28-22)14-25-10-5-11-26(13-12-25)15-21(27)24(3)4/h6-9,16-17H,5,10-15H2,1-4H3. The minimum atomic E-state index is 0.182. The van der Waals surface area contributed by atoms with E-state index in [2.05, 4.69) is 53.3 Å². The molecule has 2 heterocycles. The molecule has 5 nitrogen and oxygen atoms in total. The van der Waals surface area contributed by atoms with Gasteiger partial charge in [-0.1, -0.05) is 38.1 Å². The van der Waals surface area contributed by atoms with Crippen LogP contribution in [0.15, 0.2) is 29.6 Å². The van der Waals surface area contributed by atoms with Crippen LogP contribution in [0.5, 0.6) is 0 Å². The number of carbonyl (C=O) groups excluding carboxylic acids is 1. The van der Waals surface area contributed by atoms with Crippen LogP contribution in [0.4, 0.5) is 0 Å². The average molecular weight is 401 g/mol. The average Bonchev–Trinajstić information content (AvgIpc) is 3.02. The Morgan fingerprint density at radius 1 is 1.11 bits per heavy atom. The zero-order valence-electron chi connectivity index (χ0n) is 17.5. The minimum absolute atomic E-state index is 0.182. The SMILES string of the molecule is CC(C)c1ccc(-c2nc(CN3CCCN(CC(=O)N(C)C)CC3)cs2)cc1. The number of rotatable bonds is 6. The van der Waals surface area contributed by atoms with Crippen molar-refractivity contribution in [2.75, 3.05) is 46.8 Å². The number of hydrogen-bond donors (Lipinski definition) is 0. The first-order valence-electron chi connectivity index (χ1n) is 10.1. The van der Waals surface area contributed by atoms with Crippen LogP contribution >= 0.6 is 11.3 Å².